The monoisotopic (exact) mass is 170 g/mol. The normalized spacial score (nSPS) is 12.8. The predicted molar refractivity (Wildman–Crippen MR) is 40.4 cm³/mol. The van der Waals surface area contributed by atoms with Crippen LogP contribution in [0.2, 0.25) is 0 Å². The van der Waals surface area contributed by atoms with Crippen LogP contribution in [0.4, 0.5) is 0 Å². The summed E-state index contributed by atoms with van der Waals surface area (Å²) in [4.78, 5) is 10.3. The molecule has 0 saturated heterocycles. The summed E-state index contributed by atoms with van der Waals surface area (Å²) in [5.41, 5.74) is 6.31. The number of nitrogens with zero attached hydrogens (tertiary/aromatic N) is 1. The highest BCUT2D eigenvalue weighted by Crippen LogP contribution is 2.17. The van der Waals surface area contributed by atoms with E-state index in [2.05, 4.69) is 5.16 Å². The summed E-state index contributed by atoms with van der Waals surface area (Å²) in [5, 5.41) is 11.9. The molecule has 0 aliphatic rings. The van der Waals surface area contributed by atoms with Crippen LogP contribution in [0.5, 0.6) is 0 Å². The summed E-state index contributed by atoms with van der Waals surface area (Å²) in [7, 11) is 0. The Kier molecular flexibility index (Phi) is 2.44. The van der Waals surface area contributed by atoms with Gasteiger partial charge in [-0.25, -0.2) is 0 Å². The molecule has 0 aromatic carbocycles. The minimum absolute atomic E-state index is 0.143. The van der Waals surface area contributed by atoms with Crippen molar-refractivity contribution in [3.05, 3.63) is 17.5 Å². The van der Waals surface area contributed by atoms with Gasteiger partial charge in [-0.15, -0.1) is 0 Å². The molecule has 5 nitrogen and oxygen atoms in total. The van der Waals surface area contributed by atoms with Crippen LogP contribution in [0.15, 0.2) is 10.7 Å². The Morgan fingerprint density at radius 3 is 3.00 bits per heavy atom. The topological polar surface area (TPSA) is 89.4 Å². The third kappa shape index (κ3) is 1.82. The number of aliphatic carboxylic acids is 1. The molecule has 0 aliphatic heterocycles. The lowest BCUT2D eigenvalue weighted by Gasteiger charge is -2.04. The third-order valence-corrected chi connectivity index (χ3v) is 1.52. The van der Waals surface area contributed by atoms with Crippen molar-refractivity contribution >= 4 is 5.97 Å². The maximum absolute atomic E-state index is 10.3. The minimum Gasteiger partial charge on any atom is -0.481 e. The zero-order chi connectivity index (χ0) is 9.14. The molecule has 0 radical (unpaired) electrons. The summed E-state index contributed by atoms with van der Waals surface area (Å²) >= 11 is 0. The lowest BCUT2D eigenvalue weighted by molar-refractivity contribution is -0.137. The van der Waals surface area contributed by atoms with E-state index >= 15 is 0 Å². The highest BCUT2D eigenvalue weighted by molar-refractivity contribution is 5.67. The van der Waals surface area contributed by atoms with Crippen molar-refractivity contribution in [2.75, 3.05) is 0 Å². The van der Waals surface area contributed by atoms with Gasteiger partial charge >= 0.3 is 5.97 Å². The molecule has 3 N–H and O–H groups in total. The van der Waals surface area contributed by atoms with Crippen LogP contribution in [0.3, 0.4) is 0 Å². The predicted octanol–water partition coefficient (Wildman–Crippen LogP) is 0.458. The largest absolute Gasteiger partial charge is 0.481 e. The van der Waals surface area contributed by atoms with Crippen molar-refractivity contribution < 1.29 is 14.4 Å². The molecule has 1 heterocycles. The van der Waals surface area contributed by atoms with Crippen molar-refractivity contribution in [3.8, 4) is 0 Å². The zero-order valence-electron chi connectivity index (χ0n) is 6.65. The molecule has 0 fully saturated rings. The zero-order valence-corrected chi connectivity index (χ0v) is 6.65. The maximum atomic E-state index is 10.3. The molecule has 1 atom stereocenters. The molecule has 1 unspecified atom stereocenters. The lowest BCUT2D eigenvalue weighted by Crippen LogP contribution is -2.15. The van der Waals surface area contributed by atoms with Gasteiger partial charge in [-0.05, 0) is 6.92 Å². The molecule has 12 heavy (non-hydrogen) atoms. The van der Waals surface area contributed by atoms with Gasteiger partial charge in [0.05, 0.1) is 18.7 Å². The van der Waals surface area contributed by atoms with Crippen molar-refractivity contribution in [2.45, 2.75) is 19.4 Å². The van der Waals surface area contributed by atoms with Crippen molar-refractivity contribution in [1.29, 1.82) is 0 Å². The molecular formula is C7H10N2O3. The van der Waals surface area contributed by atoms with Gasteiger partial charge in [0, 0.05) is 5.56 Å². The Morgan fingerprint density at radius 1 is 1.92 bits per heavy atom. The quantitative estimate of drug-likeness (QED) is 0.687. The molecule has 1 rings (SSSR count). The Bertz CT molecular complexity index is 282. The van der Waals surface area contributed by atoms with Crippen LogP contribution in [0.1, 0.15) is 23.8 Å². The van der Waals surface area contributed by atoms with Gasteiger partial charge < -0.3 is 15.4 Å². The standard InChI is InChI=1S/C7H10N2O3/c1-4-3-9-12-7(4)5(8)2-6(10)11/h3,5H,2,8H2,1H3,(H,10,11). The summed E-state index contributed by atoms with van der Waals surface area (Å²) in [6.45, 7) is 1.77. The second kappa shape index (κ2) is 3.36. The fraction of sp³-hybridized carbons (Fsp3) is 0.429. The number of carboxylic acid groups (broad SMARTS) is 1. The molecular weight excluding hydrogens is 160 g/mol. The average Bonchev–Trinajstić information content (AvgIpc) is 2.33. The number of aryl methyl sites for hydroxylation is 1. The van der Waals surface area contributed by atoms with E-state index in [1.54, 1.807) is 6.92 Å². The van der Waals surface area contributed by atoms with Crippen LogP contribution in [-0.2, 0) is 4.79 Å². The Balaban J connectivity index is 2.71. The van der Waals surface area contributed by atoms with Crippen LogP contribution >= 0.6 is 0 Å². The molecule has 0 aliphatic carbocycles. The molecule has 1 aromatic heterocycles. The summed E-state index contributed by atoms with van der Waals surface area (Å²) in [6.07, 6.45) is 1.37. The van der Waals surface area contributed by atoms with Gasteiger partial charge in [0.2, 0.25) is 0 Å². The fourth-order valence-corrected chi connectivity index (χ4v) is 0.939. The lowest BCUT2D eigenvalue weighted by atomic mass is 10.1. The smallest absolute Gasteiger partial charge is 0.305 e. The molecule has 0 bridgehead atoms. The van der Waals surface area contributed by atoms with E-state index < -0.39 is 12.0 Å². The van der Waals surface area contributed by atoms with E-state index in [4.69, 9.17) is 15.4 Å². The van der Waals surface area contributed by atoms with Crippen molar-refractivity contribution in [1.82, 2.24) is 5.16 Å². The highest BCUT2D eigenvalue weighted by Gasteiger charge is 2.16. The first-order valence-corrected chi connectivity index (χ1v) is 3.50. The van der Waals surface area contributed by atoms with E-state index in [9.17, 15) is 4.79 Å². The van der Waals surface area contributed by atoms with E-state index in [0.29, 0.717) is 5.76 Å². The fourth-order valence-electron chi connectivity index (χ4n) is 0.939. The number of rotatable bonds is 3. The molecule has 66 valence electrons. The number of hydrogen-bond donors (Lipinski definition) is 2. The number of nitrogens with two attached hydrogens (primary N) is 1. The van der Waals surface area contributed by atoms with E-state index in [1.807, 2.05) is 0 Å². The van der Waals surface area contributed by atoms with Crippen LogP contribution in [0.25, 0.3) is 0 Å². The second-order valence-electron chi connectivity index (χ2n) is 2.58. The van der Waals surface area contributed by atoms with E-state index in [1.165, 1.54) is 6.20 Å². The Labute approximate surface area is 69.2 Å². The van der Waals surface area contributed by atoms with Gasteiger partial charge in [0.25, 0.3) is 0 Å². The number of carboxylic acids is 1. The van der Waals surface area contributed by atoms with Crippen LogP contribution in [0, 0.1) is 6.92 Å². The molecule has 0 spiro atoms. The SMILES string of the molecule is Cc1cnoc1C(N)CC(=O)O. The van der Waals surface area contributed by atoms with Gasteiger partial charge in [0.1, 0.15) is 0 Å². The van der Waals surface area contributed by atoms with Gasteiger partial charge in [-0.2, -0.15) is 0 Å². The molecule has 0 saturated carbocycles. The van der Waals surface area contributed by atoms with Crippen molar-refractivity contribution in [3.63, 3.8) is 0 Å². The number of carbonyl (C=O) groups is 1. The maximum Gasteiger partial charge on any atom is 0.305 e. The van der Waals surface area contributed by atoms with Gasteiger partial charge in [-0.1, -0.05) is 5.16 Å². The van der Waals surface area contributed by atoms with E-state index in [-0.39, 0.29) is 6.42 Å². The molecule has 0 amide bonds. The first-order valence-electron chi connectivity index (χ1n) is 3.50. The van der Waals surface area contributed by atoms with E-state index in [0.717, 1.165) is 5.56 Å². The van der Waals surface area contributed by atoms with Crippen LogP contribution in [-0.4, -0.2) is 16.2 Å². The number of aromatic nitrogens is 1. The second-order valence-corrected chi connectivity index (χ2v) is 2.58. The van der Waals surface area contributed by atoms with Gasteiger partial charge in [0.15, 0.2) is 5.76 Å². The van der Waals surface area contributed by atoms with Crippen LogP contribution < -0.4 is 5.73 Å². The van der Waals surface area contributed by atoms with Gasteiger partial charge in [-0.3, -0.25) is 4.79 Å². The Hall–Kier alpha value is -1.36. The average molecular weight is 170 g/mol. The summed E-state index contributed by atoms with van der Waals surface area (Å²) < 4.78 is 4.79. The number of hydrogen-bond acceptors (Lipinski definition) is 4. The van der Waals surface area contributed by atoms with Crippen molar-refractivity contribution in [2.24, 2.45) is 5.73 Å². The third-order valence-electron chi connectivity index (χ3n) is 1.52. The first kappa shape index (κ1) is 8.73. The first-order chi connectivity index (χ1) is 5.61. The Morgan fingerprint density at radius 2 is 2.58 bits per heavy atom. The molecule has 5 heteroatoms. The minimum atomic E-state index is -0.946. The molecule has 1 aromatic rings. The highest BCUT2D eigenvalue weighted by atomic mass is 16.5. The summed E-state index contributed by atoms with van der Waals surface area (Å²) in [5.74, 6) is -0.504. The summed E-state index contributed by atoms with van der Waals surface area (Å²) in [6, 6.07) is -0.606.